The van der Waals surface area contributed by atoms with E-state index in [9.17, 15) is 8.78 Å². The summed E-state index contributed by atoms with van der Waals surface area (Å²) in [5, 5.41) is 6.83. The normalized spacial score (nSPS) is 23.4. The van der Waals surface area contributed by atoms with Gasteiger partial charge in [-0.3, -0.25) is 9.89 Å². The van der Waals surface area contributed by atoms with Crippen molar-refractivity contribution in [1.82, 2.24) is 15.5 Å². The summed E-state index contributed by atoms with van der Waals surface area (Å²) in [7, 11) is 1.77. The highest BCUT2D eigenvalue weighted by atomic mass is 19.2. The van der Waals surface area contributed by atoms with E-state index in [1.807, 2.05) is 6.92 Å². The third-order valence-electron chi connectivity index (χ3n) is 5.71. The van der Waals surface area contributed by atoms with Crippen LogP contribution in [-0.2, 0) is 0 Å². The Morgan fingerprint density at radius 1 is 1.23 bits per heavy atom. The molecule has 2 unspecified atom stereocenters. The molecular weight excluding hydrogens is 334 g/mol. The Morgan fingerprint density at radius 3 is 2.69 bits per heavy atom. The Morgan fingerprint density at radius 2 is 2.00 bits per heavy atom. The van der Waals surface area contributed by atoms with Crippen LogP contribution in [0.1, 0.15) is 50.5 Å². The van der Waals surface area contributed by atoms with Crippen LogP contribution in [0.5, 0.6) is 0 Å². The first-order valence-electron chi connectivity index (χ1n) is 9.73. The van der Waals surface area contributed by atoms with Crippen LogP contribution in [0, 0.1) is 11.6 Å². The lowest BCUT2D eigenvalue weighted by molar-refractivity contribution is 0.242. The molecule has 0 amide bonds. The summed E-state index contributed by atoms with van der Waals surface area (Å²) in [4.78, 5) is 6.93. The molecule has 2 N–H and O–H groups in total. The van der Waals surface area contributed by atoms with Gasteiger partial charge in [0.1, 0.15) is 0 Å². The van der Waals surface area contributed by atoms with E-state index in [1.54, 1.807) is 13.1 Å². The van der Waals surface area contributed by atoms with E-state index in [0.29, 0.717) is 12.6 Å². The molecule has 0 radical (unpaired) electrons. The topological polar surface area (TPSA) is 39.7 Å². The van der Waals surface area contributed by atoms with Crippen molar-refractivity contribution in [3.8, 4) is 0 Å². The molecule has 2 atom stereocenters. The fraction of sp³-hybridized carbons (Fsp3) is 0.650. The van der Waals surface area contributed by atoms with Crippen molar-refractivity contribution >= 4 is 5.96 Å². The van der Waals surface area contributed by atoms with Crippen LogP contribution in [0.25, 0.3) is 0 Å². The number of likely N-dealkylation sites (tertiary alicyclic amines) is 1. The molecule has 1 aromatic carbocycles. The second-order valence-corrected chi connectivity index (χ2v) is 7.59. The van der Waals surface area contributed by atoms with Gasteiger partial charge in [-0.05, 0) is 42.9 Å². The number of nitrogens with zero attached hydrogens (tertiary/aromatic N) is 2. The van der Waals surface area contributed by atoms with Crippen LogP contribution in [0.3, 0.4) is 0 Å². The second-order valence-electron chi connectivity index (χ2n) is 7.59. The van der Waals surface area contributed by atoms with Gasteiger partial charge in [-0.25, -0.2) is 8.78 Å². The average molecular weight is 364 g/mol. The summed E-state index contributed by atoms with van der Waals surface area (Å²) in [5.41, 5.74) is 0.778. The van der Waals surface area contributed by atoms with E-state index in [2.05, 4.69) is 20.5 Å². The Balaban J connectivity index is 1.46. The summed E-state index contributed by atoms with van der Waals surface area (Å²) in [6, 6.07) is 5.28. The smallest absolute Gasteiger partial charge is 0.191 e. The number of hydrogen-bond donors (Lipinski definition) is 2. The maximum absolute atomic E-state index is 13.4. The first kappa shape index (κ1) is 19.1. The quantitative estimate of drug-likeness (QED) is 0.622. The highest BCUT2D eigenvalue weighted by molar-refractivity contribution is 5.80. The third-order valence-corrected chi connectivity index (χ3v) is 5.71. The van der Waals surface area contributed by atoms with Crippen molar-refractivity contribution in [2.45, 2.75) is 57.0 Å². The zero-order valence-electron chi connectivity index (χ0n) is 15.8. The summed E-state index contributed by atoms with van der Waals surface area (Å²) in [5.74, 6) is -0.769. The molecule has 1 saturated heterocycles. The highest BCUT2D eigenvalue weighted by Crippen LogP contribution is 2.26. The summed E-state index contributed by atoms with van der Waals surface area (Å²) >= 11 is 0. The van der Waals surface area contributed by atoms with Crippen molar-refractivity contribution < 1.29 is 8.78 Å². The Labute approximate surface area is 155 Å². The molecule has 0 spiro atoms. The lowest BCUT2D eigenvalue weighted by atomic mass is 10.0. The molecule has 2 fully saturated rings. The first-order chi connectivity index (χ1) is 12.6. The van der Waals surface area contributed by atoms with Crippen molar-refractivity contribution in [3.63, 3.8) is 0 Å². The van der Waals surface area contributed by atoms with Gasteiger partial charge in [0.15, 0.2) is 17.6 Å². The Kier molecular flexibility index (Phi) is 6.46. The van der Waals surface area contributed by atoms with Crippen LogP contribution >= 0.6 is 0 Å². The average Bonchev–Trinajstić information content (AvgIpc) is 3.32. The van der Waals surface area contributed by atoms with Gasteiger partial charge < -0.3 is 10.6 Å². The number of benzene rings is 1. The molecule has 1 aliphatic heterocycles. The number of halogens is 2. The maximum Gasteiger partial charge on any atom is 0.191 e. The summed E-state index contributed by atoms with van der Waals surface area (Å²) < 4.78 is 26.5. The number of nitrogens with one attached hydrogen (secondary N) is 2. The molecule has 26 heavy (non-hydrogen) atoms. The molecular formula is C20H30F2N4. The molecule has 0 aromatic heterocycles. The van der Waals surface area contributed by atoms with Gasteiger partial charge in [-0.15, -0.1) is 0 Å². The second kappa shape index (κ2) is 8.80. The minimum Gasteiger partial charge on any atom is -0.356 e. The number of aliphatic imine (C=N–C) groups is 1. The van der Waals surface area contributed by atoms with Crippen LogP contribution in [0.15, 0.2) is 23.2 Å². The third kappa shape index (κ3) is 4.72. The zero-order chi connectivity index (χ0) is 18.5. The molecule has 2 aliphatic rings. The minimum absolute atomic E-state index is 0.0576. The van der Waals surface area contributed by atoms with E-state index < -0.39 is 11.6 Å². The first-order valence-corrected chi connectivity index (χ1v) is 9.73. The van der Waals surface area contributed by atoms with E-state index in [1.165, 1.54) is 37.8 Å². The highest BCUT2D eigenvalue weighted by Gasteiger charge is 2.30. The van der Waals surface area contributed by atoms with Gasteiger partial charge in [0.05, 0.1) is 0 Å². The molecule has 0 bridgehead atoms. The lowest BCUT2D eigenvalue weighted by Gasteiger charge is -2.24. The molecule has 144 valence electrons. The summed E-state index contributed by atoms with van der Waals surface area (Å²) in [6.45, 7) is 4.84. The molecule has 1 aliphatic carbocycles. The number of hydrogen-bond acceptors (Lipinski definition) is 2. The molecule has 6 heteroatoms. The molecule has 1 aromatic rings. The summed E-state index contributed by atoms with van der Waals surface area (Å²) in [6.07, 6.45) is 6.54. The van der Waals surface area contributed by atoms with E-state index >= 15 is 0 Å². The van der Waals surface area contributed by atoms with Crippen LogP contribution < -0.4 is 10.6 Å². The molecule has 1 heterocycles. The fourth-order valence-electron chi connectivity index (χ4n) is 4.08. The monoisotopic (exact) mass is 364 g/mol. The number of guanidine groups is 1. The van der Waals surface area contributed by atoms with Crippen molar-refractivity contribution in [3.05, 3.63) is 35.4 Å². The van der Waals surface area contributed by atoms with Crippen molar-refractivity contribution in [2.75, 3.05) is 26.7 Å². The lowest BCUT2D eigenvalue weighted by Crippen LogP contribution is -2.46. The standard InChI is InChI=1S/C20H30F2N4/c1-14(15-7-8-18(21)19(22)11-15)12-24-20(23-2)25-16-9-10-26(13-16)17-5-3-4-6-17/h7-8,11,14,16-17H,3-6,9-10,12-13H2,1-2H3,(H2,23,24,25). The molecule has 4 nitrogen and oxygen atoms in total. The minimum atomic E-state index is -0.806. The SMILES string of the molecule is CN=C(NCC(C)c1ccc(F)c(F)c1)NC1CCN(C2CCCC2)C1. The van der Waals surface area contributed by atoms with E-state index in [0.717, 1.165) is 37.1 Å². The Hall–Kier alpha value is -1.69. The van der Waals surface area contributed by atoms with Gasteiger partial charge in [-0.1, -0.05) is 25.8 Å². The van der Waals surface area contributed by atoms with Crippen LogP contribution in [0.2, 0.25) is 0 Å². The largest absolute Gasteiger partial charge is 0.356 e. The van der Waals surface area contributed by atoms with Crippen LogP contribution in [0.4, 0.5) is 8.78 Å². The van der Waals surface area contributed by atoms with Gasteiger partial charge in [-0.2, -0.15) is 0 Å². The van der Waals surface area contributed by atoms with Gasteiger partial charge in [0.2, 0.25) is 0 Å². The van der Waals surface area contributed by atoms with E-state index in [4.69, 9.17) is 0 Å². The zero-order valence-corrected chi connectivity index (χ0v) is 15.8. The predicted octanol–water partition coefficient (Wildman–Crippen LogP) is 3.25. The maximum atomic E-state index is 13.4. The van der Waals surface area contributed by atoms with Gasteiger partial charge in [0, 0.05) is 38.8 Å². The Bertz CT molecular complexity index is 628. The number of rotatable bonds is 5. The van der Waals surface area contributed by atoms with Gasteiger partial charge >= 0.3 is 0 Å². The fourth-order valence-corrected chi connectivity index (χ4v) is 4.08. The van der Waals surface area contributed by atoms with E-state index in [-0.39, 0.29) is 5.92 Å². The van der Waals surface area contributed by atoms with Crippen LogP contribution in [-0.4, -0.2) is 49.6 Å². The molecule has 1 saturated carbocycles. The van der Waals surface area contributed by atoms with Crippen molar-refractivity contribution in [1.29, 1.82) is 0 Å². The van der Waals surface area contributed by atoms with Gasteiger partial charge in [0.25, 0.3) is 0 Å². The molecule has 3 rings (SSSR count). The predicted molar refractivity (Wildman–Crippen MR) is 102 cm³/mol. The van der Waals surface area contributed by atoms with Crippen molar-refractivity contribution in [2.24, 2.45) is 4.99 Å².